The highest BCUT2D eigenvalue weighted by Gasteiger charge is 2.28. The van der Waals surface area contributed by atoms with Crippen molar-refractivity contribution in [2.75, 3.05) is 13.7 Å². The molecule has 1 saturated heterocycles. The van der Waals surface area contributed by atoms with Gasteiger partial charge in [-0.05, 0) is 51.4 Å². The maximum atomic E-state index is 11.6. The highest BCUT2D eigenvalue weighted by Crippen LogP contribution is 2.37. The van der Waals surface area contributed by atoms with Crippen LogP contribution in [0.1, 0.15) is 50.5 Å². The summed E-state index contributed by atoms with van der Waals surface area (Å²) in [6.07, 6.45) is 2.38. The molecule has 0 N–H and O–H groups in total. The van der Waals surface area contributed by atoms with Gasteiger partial charge in [0, 0.05) is 21.4 Å². The van der Waals surface area contributed by atoms with Crippen LogP contribution in [-0.4, -0.2) is 24.5 Å². The number of furan rings is 1. The normalized spacial score (nSPS) is 18.8. The second-order valence-corrected chi connectivity index (χ2v) is 7.11. The van der Waals surface area contributed by atoms with Crippen LogP contribution < -0.4 is 0 Å². The molecule has 2 aromatic rings. The first-order valence-corrected chi connectivity index (χ1v) is 8.38. The Labute approximate surface area is 134 Å². The van der Waals surface area contributed by atoms with Crippen molar-refractivity contribution in [1.82, 2.24) is 4.90 Å². The molecule has 0 spiro atoms. The van der Waals surface area contributed by atoms with E-state index in [-0.39, 0.29) is 0 Å². The molecule has 4 nitrogen and oxygen atoms in total. The highest BCUT2D eigenvalue weighted by atomic mass is 32.1. The quantitative estimate of drug-likeness (QED) is 0.796. The van der Waals surface area contributed by atoms with Gasteiger partial charge in [0.2, 0.25) is 5.76 Å². The van der Waals surface area contributed by atoms with Crippen LogP contribution in [0.3, 0.4) is 0 Å². The van der Waals surface area contributed by atoms with Crippen molar-refractivity contribution in [3.05, 3.63) is 45.0 Å². The second kappa shape index (κ2) is 6.26. The predicted octanol–water partition coefficient (Wildman–Crippen LogP) is 4.08. The lowest BCUT2D eigenvalue weighted by atomic mass is 10.2. The zero-order valence-corrected chi connectivity index (χ0v) is 14.0. The van der Waals surface area contributed by atoms with E-state index in [1.54, 1.807) is 0 Å². The van der Waals surface area contributed by atoms with Crippen molar-refractivity contribution >= 4 is 17.3 Å². The average molecular weight is 319 g/mol. The maximum absolute atomic E-state index is 11.6. The topological polar surface area (TPSA) is 42.7 Å². The van der Waals surface area contributed by atoms with Crippen LogP contribution in [0.2, 0.25) is 0 Å². The third kappa shape index (κ3) is 2.96. The Bertz CT molecular complexity index is 673. The molecule has 0 amide bonds. The van der Waals surface area contributed by atoms with Gasteiger partial charge in [-0.1, -0.05) is 0 Å². The Morgan fingerprint density at radius 2 is 2.27 bits per heavy atom. The summed E-state index contributed by atoms with van der Waals surface area (Å²) in [5, 5.41) is 0. The summed E-state index contributed by atoms with van der Waals surface area (Å²) in [6.45, 7) is 5.82. The Morgan fingerprint density at radius 1 is 1.45 bits per heavy atom. The van der Waals surface area contributed by atoms with E-state index in [9.17, 15) is 4.79 Å². The molecule has 1 aliphatic heterocycles. The van der Waals surface area contributed by atoms with Crippen molar-refractivity contribution in [2.45, 2.75) is 39.3 Å². The monoisotopic (exact) mass is 319 g/mol. The summed E-state index contributed by atoms with van der Waals surface area (Å²) >= 11 is 1.87. The van der Waals surface area contributed by atoms with Gasteiger partial charge in [0.05, 0.1) is 13.7 Å². The van der Waals surface area contributed by atoms with Crippen molar-refractivity contribution in [1.29, 1.82) is 0 Å². The largest absolute Gasteiger partial charge is 0.463 e. The first kappa shape index (κ1) is 15.3. The van der Waals surface area contributed by atoms with Crippen LogP contribution in [0.4, 0.5) is 0 Å². The van der Waals surface area contributed by atoms with E-state index in [1.807, 2.05) is 24.3 Å². The number of likely N-dealkylation sites (tertiary alicyclic amines) is 1. The molecule has 0 aromatic carbocycles. The minimum atomic E-state index is -0.407. The third-order valence-corrected chi connectivity index (χ3v) is 5.25. The molecule has 22 heavy (non-hydrogen) atoms. The number of thiophene rings is 1. The van der Waals surface area contributed by atoms with E-state index in [0.717, 1.165) is 24.4 Å². The standard InChI is InChI=1S/C17H21NO3S/c1-11-9-13(21-16(11)17(19)20-3)10-18-8-4-5-14(18)15-7-6-12(2)22-15/h6-7,9,14H,4-5,8,10H2,1-3H3. The van der Waals surface area contributed by atoms with Gasteiger partial charge < -0.3 is 9.15 Å². The first-order valence-electron chi connectivity index (χ1n) is 7.56. The van der Waals surface area contributed by atoms with Crippen molar-refractivity contribution < 1.29 is 13.9 Å². The minimum absolute atomic E-state index is 0.320. The van der Waals surface area contributed by atoms with Crippen LogP contribution in [0.5, 0.6) is 0 Å². The van der Waals surface area contributed by atoms with Gasteiger partial charge in [-0.2, -0.15) is 0 Å². The SMILES string of the molecule is COC(=O)c1oc(CN2CCCC2c2ccc(C)s2)cc1C. The first-order chi connectivity index (χ1) is 10.6. The van der Waals surface area contributed by atoms with Crippen LogP contribution in [0.25, 0.3) is 0 Å². The van der Waals surface area contributed by atoms with Gasteiger partial charge in [-0.15, -0.1) is 11.3 Å². The molecule has 118 valence electrons. The summed E-state index contributed by atoms with van der Waals surface area (Å²) in [5.41, 5.74) is 0.838. The molecule has 3 rings (SSSR count). The number of methoxy groups -OCH3 is 1. The summed E-state index contributed by atoms with van der Waals surface area (Å²) < 4.78 is 10.5. The third-order valence-electron chi connectivity index (χ3n) is 4.15. The summed E-state index contributed by atoms with van der Waals surface area (Å²) in [7, 11) is 1.37. The lowest BCUT2D eigenvalue weighted by molar-refractivity contribution is 0.0559. The number of hydrogen-bond acceptors (Lipinski definition) is 5. The number of nitrogens with zero attached hydrogens (tertiary/aromatic N) is 1. The molecule has 1 atom stereocenters. The fourth-order valence-corrected chi connectivity index (χ4v) is 4.14. The van der Waals surface area contributed by atoms with E-state index < -0.39 is 5.97 Å². The Hall–Kier alpha value is -1.59. The smallest absolute Gasteiger partial charge is 0.374 e. The van der Waals surface area contributed by atoms with E-state index >= 15 is 0 Å². The summed E-state index contributed by atoms with van der Waals surface area (Å²) in [4.78, 5) is 16.9. The number of aryl methyl sites for hydroxylation is 2. The van der Waals surface area contributed by atoms with E-state index in [2.05, 4.69) is 24.0 Å². The lowest BCUT2D eigenvalue weighted by Crippen LogP contribution is -2.21. The molecule has 1 aliphatic rings. The van der Waals surface area contributed by atoms with Crippen molar-refractivity contribution in [2.24, 2.45) is 0 Å². The molecule has 1 unspecified atom stereocenters. The number of rotatable bonds is 4. The molecule has 3 heterocycles. The number of hydrogen-bond donors (Lipinski definition) is 0. The molecule has 1 fully saturated rings. The lowest BCUT2D eigenvalue weighted by Gasteiger charge is -2.22. The molecule has 0 bridgehead atoms. The molecule has 0 radical (unpaired) electrons. The molecule has 5 heteroatoms. The Morgan fingerprint density at radius 3 is 2.95 bits per heavy atom. The van der Waals surface area contributed by atoms with E-state index in [1.165, 1.54) is 29.7 Å². The van der Waals surface area contributed by atoms with E-state index in [0.29, 0.717) is 11.8 Å². The van der Waals surface area contributed by atoms with E-state index in [4.69, 9.17) is 9.15 Å². The number of ether oxygens (including phenoxy) is 1. The van der Waals surface area contributed by atoms with Gasteiger partial charge in [-0.25, -0.2) is 4.79 Å². The molecular formula is C17H21NO3S. The minimum Gasteiger partial charge on any atom is -0.463 e. The fourth-order valence-electron chi connectivity index (χ4n) is 3.09. The van der Waals surface area contributed by atoms with Gasteiger partial charge in [0.15, 0.2) is 0 Å². The summed E-state index contributed by atoms with van der Waals surface area (Å²) in [6, 6.07) is 6.83. The Kier molecular flexibility index (Phi) is 4.36. The molecule has 0 aliphatic carbocycles. The van der Waals surface area contributed by atoms with Crippen LogP contribution in [0, 0.1) is 13.8 Å². The van der Waals surface area contributed by atoms with Crippen LogP contribution in [-0.2, 0) is 11.3 Å². The molecule has 2 aromatic heterocycles. The van der Waals surface area contributed by atoms with Gasteiger partial charge in [0.1, 0.15) is 5.76 Å². The maximum Gasteiger partial charge on any atom is 0.374 e. The van der Waals surface area contributed by atoms with Gasteiger partial charge >= 0.3 is 5.97 Å². The average Bonchev–Trinajstić information content (AvgIpc) is 3.19. The Balaban J connectivity index is 1.76. The number of carbonyl (C=O) groups excluding carboxylic acids is 1. The van der Waals surface area contributed by atoms with Crippen LogP contribution >= 0.6 is 11.3 Å². The second-order valence-electron chi connectivity index (χ2n) is 5.79. The molecule has 0 saturated carbocycles. The number of esters is 1. The van der Waals surface area contributed by atoms with Crippen molar-refractivity contribution in [3.63, 3.8) is 0 Å². The predicted molar refractivity (Wildman–Crippen MR) is 86.2 cm³/mol. The zero-order chi connectivity index (χ0) is 15.7. The van der Waals surface area contributed by atoms with Crippen LogP contribution in [0.15, 0.2) is 22.6 Å². The van der Waals surface area contributed by atoms with Gasteiger partial charge in [-0.3, -0.25) is 4.90 Å². The number of carbonyl (C=O) groups is 1. The van der Waals surface area contributed by atoms with Gasteiger partial charge in [0.25, 0.3) is 0 Å². The van der Waals surface area contributed by atoms with Crippen molar-refractivity contribution in [3.8, 4) is 0 Å². The molecular weight excluding hydrogens is 298 g/mol. The zero-order valence-electron chi connectivity index (χ0n) is 13.2. The highest BCUT2D eigenvalue weighted by molar-refractivity contribution is 7.12. The fraction of sp³-hybridized carbons (Fsp3) is 0.471. The summed E-state index contributed by atoms with van der Waals surface area (Å²) in [5.74, 6) is 0.744.